The summed E-state index contributed by atoms with van der Waals surface area (Å²) in [6, 6.07) is 7.16. The van der Waals surface area contributed by atoms with Crippen LogP contribution in [0.1, 0.15) is 32.9 Å². The van der Waals surface area contributed by atoms with Crippen LogP contribution in [-0.2, 0) is 12.4 Å². The molecule has 0 aliphatic carbocycles. The van der Waals surface area contributed by atoms with Crippen molar-refractivity contribution in [2.45, 2.75) is 26.2 Å². The molecule has 1 heterocycles. The first-order valence-electron chi connectivity index (χ1n) is 6.42. The van der Waals surface area contributed by atoms with Gasteiger partial charge in [0.15, 0.2) is 0 Å². The largest absolute Gasteiger partial charge is 0.418 e. The number of hydrogen-bond donors (Lipinski definition) is 0. The normalized spacial score (nSPS) is 12.5. The van der Waals surface area contributed by atoms with Crippen LogP contribution >= 0.6 is 0 Å². The number of carbonyl (C=O) groups excluding carboxylic acids is 1. The lowest BCUT2D eigenvalue weighted by atomic mass is 10.1. The van der Waals surface area contributed by atoms with E-state index < -0.39 is 40.8 Å². The topological polar surface area (TPSA) is 22.0 Å². The highest BCUT2D eigenvalue weighted by Gasteiger charge is 2.48. The van der Waals surface area contributed by atoms with Gasteiger partial charge >= 0.3 is 12.4 Å². The third kappa shape index (κ3) is 2.97. The van der Waals surface area contributed by atoms with Crippen LogP contribution in [0.4, 0.5) is 26.3 Å². The fourth-order valence-electron chi connectivity index (χ4n) is 2.55. The molecule has 0 fully saturated rings. The van der Waals surface area contributed by atoms with Crippen LogP contribution < -0.4 is 0 Å². The Labute approximate surface area is 127 Å². The van der Waals surface area contributed by atoms with Crippen molar-refractivity contribution in [1.82, 2.24) is 4.57 Å². The molecule has 0 radical (unpaired) electrons. The summed E-state index contributed by atoms with van der Waals surface area (Å²) in [5.74, 6) is -0.943. The maximum atomic E-state index is 13.1. The van der Waals surface area contributed by atoms with Crippen molar-refractivity contribution in [3.05, 3.63) is 58.4 Å². The molecule has 0 saturated heterocycles. The van der Waals surface area contributed by atoms with E-state index in [0.29, 0.717) is 4.57 Å². The molecule has 2 aromatic rings. The molecule has 8 heteroatoms. The summed E-state index contributed by atoms with van der Waals surface area (Å²) in [5, 5.41) is 0. The van der Waals surface area contributed by atoms with Gasteiger partial charge in [0.25, 0.3) is 5.91 Å². The fraction of sp³-hybridized carbons (Fsp3) is 0.267. The molecule has 0 unspecified atom stereocenters. The maximum absolute atomic E-state index is 13.1. The lowest BCUT2D eigenvalue weighted by molar-refractivity contribution is -0.162. The van der Waals surface area contributed by atoms with Crippen molar-refractivity contribution >= 4 is 5.91 Å². The van der Waals surface area contributed by atoms with Crippen molar-refractivity contribution in [3.8, 4) is 0 Å². The van der Waals surface area contributed by atoms with Crippen LogP contribution in [0.2, 0.25) is 0 Å². The fourth-order valence-corrected chi connectivity index (χ4v) is 2.55. The smallest absolute Gasteiger partial charge is 0.284 e. The quantitative estimate of drug-likeness (QED) is 0.684. The minimum Gasteiger partial charge on any atom is -0.284 e. The van der Waals surface area contributed by atoms with Gasteiger partial charge in [0.1, 0.15) is 0 Å². The number of alkyl halides is 6. The third-order valence-electron chi connectivity index (χ3n) is 3.44. The first-order valence-corrected chi connectivity index (χ1v) is 6.42. The Morgan fingerprint density at radius 2 is 1.22 bits per heavy atom. The summed E-state index contributed by atoms with van der Waals surface area (Å²) in [4.78, 5) is 12.3. The summed E-state index contributed by atoms with van der Waals surface area (Å²) in [6.45, 7) is 1.71. The summed E-state index contributed by atoms with van der Waals surface area (Å²) in [7, 11) is 0. The molecule has 0 bridgehead atoms. The van der Waals surface area contributed by atoms with Gasteiger partial charge < -0.3 is 0 Å². The second kappa shape index (κ2) is 5.43. The molecule has 23 heavy (non-hydrogen) atoms. The average Bonchev–Trinajstić information content (AvgIpc) is 2.70. The van der Waals surface area contributed by atoms with E-state index in [2.05, 4.69) is 0 Å². The Morgan fingerprint density at radius 3 is 1.57 bits per heavy atom. The van der Waals surface area contributed by atoms with E-state index in [1.165, 1.54) is 24.3 Å². The van der Waals surface area contributed by atoms with Gasteiger partial charge in [0, 0.05) is 17.0 Å². The minimum absolute atomic E-state index is 0.00357. The number of halogens is 6. The monoisotopic (exact) mass is 335 g/mol. The van der Waals surface area contributed by atoms with Crippen LogP contribution in [-0.4, -0.2) is 10.5 Å². The first kappa shape index (κ1) is 17.1. The van der Waals surface area contributed by atoms with Crippen LogP contribution in [0.3, 0.4) is 0 Å². The Kier molecular flexibility index (Phi) is 4.04. The third-order valence-corrected chi connectivity index (χ3v) is 3.44. The molecule has 0 N–H and O–H groups in total. The van der Waals surface area contributed by atoms with Crippen molar-refractivity contribution < 1.29 is 31.1 Å². The molecule has 2 nitrogen and oxygen atoms in total. The van der Waals surface area contributed by atoms with Crippen molar-refractivity contribution in [1.29, 1.82) is 0 Å². The maximum Gasteiger partial charge on any atom is 0.418 e. The summed E-state index contributed by atoms with van der Waals surface area (Å²) < 4.78 is 78.9. The van der Waals surface area contributed by atoms with Crippen LogP contribution in [0, 0.1) is 13.8 Å². The van der Waals surface area contributed by atoms with Gasteiger partial charge in [-0.1, -0.05) is 18.2 Å². The van der Waals surface area contributed by atoms with Gasteiger partial charge in [-0.3, -0.25) is 9.36 Å². The highest BCUT2D eigenvalue weighted by molar-refractivity contribution is 5.97. The Hall–Kier alpha value is -2.25. The molecule has 1 aromatic carbocycles. The molecular weight excluding hydrogens is 324 g/mol. The van der Waals surface area contributed by atoms with E-state index in [4.69, 9.17) is 0 Å². The highest BCUT2D eigenvalue weighted by Crippen LogP contribution is 2.45. The molecule has 0 spiro atoms. The van der Waals surface area contributed by atoms with Crippen LogP contribution in [0.15, 0.2) is 30.3 Å². The molecule has 0 amide bonds. The van der Waals surface area contributed by atoms with Gasteiger partial charge in [-0.25, -0.2) is 0 Å². The predicted molar refractivity (Wildman–Crippen MR) is 70.1 cm³/mol. The SMILES string of the molecule is Cc1c(C(F)(F)F)c(C(F)(F)F)c(C)n1C(=O)c1ccccc1. The zero-order chi connectivity index (χ0) is 17.6. The molecular formula is C15H11F6NO. The Morgan fingerprint density at radius 1 is 0.826 bits per heavy atom. The predicted octanol–water partition coefficient (Wildman–Crippen LogP) is 4.83. The van der Waals surface area contributed by atoms with Gasteiger partial charge in [0.05, 0.1) is 11.1 Å². The van der Waals surface area contributed by atoms with E-state index in [0.717, 1.165) is 13.8 Å². The van der Waals surface area contributed by atoms with Gasteiger partial charge in [-0.05, 0) is 26.0 Å². The number of benzene rings is 1. The molecule has 124 valence electrons. The molecule has 0 saturated carbocycles. The Balaban J connectivity index is 2.77. The molecule has 1 aromatic heterocycles. The summed E-state index contributed by atoms with van der Waals surface area (Å²) in [6.07, 6.45) is -10.4. The van der Waals surface area contributed by atoms with Crippen molar-refractivity contribution in [2.75, 3.05) is 0 Å². The zero-order valence-electron chi connectivity index (χ0n) is 12.0. The molecule has 0 aliphatic heterocycles. The van der Waals surface area contributed by atoms with E-state index in [1.54, 1.807) is 6.07 Å². The van der Waals surface area contributed by atoms with Gasteiger partial charge in [-0.2, -0.15) is 26.3 Å². The van der Waals surface area contributed by atoms with E-state index in [1.807, 2.05) is 0 Å². The number of carbonyl (C=O) groups is 1. The molecule has 0 aliphatic rings. The van der Waals surface area contributed by atoms with Crippen molar-refractivity contribution in [3.63, 3.8) is 0 Å². The minimum atomic E-state index is -5.22. The standard InChI is InChI=1S/C15H11F6NO/c1-8-11(14(16,17)18)12(15(19,20)21)9(2)22(8)13(23)10-6-4-3-5-7-10/h3-7H,1-2H3. The van der Waals surface area contributed by atoms with Crippen LogP contribution in [0.25, 0.3) is 0 Å². The lowest BCUT2D eigenvalue weighted by Gasteiger charge is -2.12. The summed E-state index contributed by atoms with van der Waals surface area (Å²) >= 11 is 0. The van der Waals surface area contributed by atoms with Crippen molar-refractivity contribution in [2.24, 2.45) is 0 Å². The highest BCUT2D eigenvalue weighted by atomic mass is 19.4. The Bertz CT molecular complexity index is 703. The number of aromatic nitrogens is 1. The molecule has 0 atom stereocenters. The second-order valence-corrected chi connectivity index (χ2v) is 4.92. The van der Waals surface area contributed by atoms with Crippen LogP contribution in [0.5, 0.6) is 0 Å². The van der Waals surface area contributed by atoms with Gasteiger partial charge in [-0.15, -0.1) is 0 Å². The number of rotatable bonds is 1. The van der Waals surface area contributed by atoms with E-state index in [9.17, 15) is 31.1 Å². The number of nitrogens with zero attached hydrogens (tertiary/aromatic N) is 1. The lowest BCUT2D eigenvalue weighted by Crippen LogP contribution is -2.16. The average molecular weight is 335 g/mol. The van der Waals surface area contributed by atoms with E-state index in [-0.39, 0.29) is 5.56 Å². The van der Waals surface area contributed by atoms with Gasteiger partial charge in [0.2, 0.25) is 0 Å². The first-order chi connectivity index (χ1) is 10.5. The zero-order valence-corrected chi connectivity index (χ0v) is 12.0. The summed E-state index contributed by atoms with van der Waals surface area (Å²) in [5.41, 5.74) is -5.22. The number of hydrogen-bond acceptors (Lipinski definition) is 1. The second-order valence-electron chi connectivity index (χ2n) is 4.92. The molecule has 2 rings (SSSR count). The van der Waals surface area contributed by atoms with E-state index >= 15 is 0 Å².